The Bertz CT molecular complexity index is 1100. The van der Waals surface area contributed by atoms with E-state index < -0.39 is 50.0 Å². The van der Waals surface area contributed by atoms with Crippen molar-refractivity contribution in [1.82, 2.24) is 14.6 Å². The molecule has 0 bridgehead atoms. The zero-order valence-electron chi connectivity index (χ0n) is 21.2. The average Bonchev–Trinajstić information content (AvgIpc) is 2.76. The molecule has 6 atom stereocenters. The smallest absolute Gasteiger partial charge is 0.459 e. The second kappa shape index (κ2) is 13.0. The van der Waals surface area contributed by atoms with Crippen LogP contribution in [0.2, 0.25) is 0 Å². The van der Waals surface area contributed by atoms with Gasteiger partial charge in [-0.3, -0.25) is 13.9 Å². The van der Waals surface area contributed by atoms with E-state index in [0.717, 1.165) is 0 Å². The lowest BCUT2D eigenvalue weighted by atomic mass is 10.1. The highest BCUT2D eigenvalue weighted by Crippen LogP contribution is 2.47. The number of para-hydroxylation sites is 1. The summed E-state index contributed by atoms with van der Waals surface area (Å²) in [6, 6.07) is 8.66. The van der Waals surface area contributed by atoms with Gasteiger partial charge in [0.25, 0.3) is 0 Å². The van der Waals surface area contributed by atoms with Gasteiger partial charge in [-0.15, -0.1) is 0 Å². The highest BCUT2D eigenvalue weighted by Gasteiger charge is 2.38. The Hall–Kier alpha value is -2.76. The Morgan fingerprint density at radius 2 is 1.75 bits per heavy atom. The fraction of sp³-hybridized carbons (Fsp3) is 0.522. The zero-order chi connectivity index (χ0) is 27.0. The topological polar surface area (TPSA) is 164 Å². The Morgan fingerprint density at radius 1 is 1.11 bits per heavy atom. The van der Waals surface area contributed by atoms with Crippen LogP contribution in [0.1, 0.15) is 47.8 Å². The third kappa shape index (κ3) is 8.72. The van der Waals surface area contributed by atoms with Gasteiger partial charge in [-0.1, -0.05) is 18.2 Å². The largest absolute Gasteiger partial charge is 0.462 e. The highest BCUT2D eigenvalue weighted by atomic mass is 31.2. The molecule has 13 heteroatoms. The fourth-order valence-corrected chi connectivity index (χ4v) is 4.91. The van der Waals surface area contributed by atoms with E-state index in [-0.39, 0.29) is 17.7 Å². The van der Waals surface area contributed by atoms with Crippen molar-refractivity contribution in [2.45, 2.75) is 78.2 Å². The Morgan fingerprint density at radius 3 is 2.31 bits per heavy atom. The minimum Gasteiger partial charge on any atom is -0.462 e. The van der Waals surface area contributed by atoms with Crippen molar-refractivity contribution < 1.29 is 33.0 Å². The maximum Gasteiger partial charge on any atom is 0.459 e. The predicted molar refractivity (Wildman–Crippen MR) is 133 cm³/mol. The van der Waals surface area contributed by atoms with Gasteiger partial charge in [0.05, 0.1) is 18.3 Å². The van der Waals surface area contributed by atoms with Crippen LogP contribution in [0.15, 0.2) is 47.4 Å². The molecule has 12 nitrogen and oxygen atoms in total. The summed E-state index contributed by atoms with van der Waals surface area (Å²) in [5.41, 5.74) is 4.89. The van der Waals surface area contributed by atoms with E-state index in [1.807, 2.05) is 0 Å². The van der Waals surface area contributed by atoms with Crippen LogP contribution in [0.4, 0.5) is 5.82 Å². The summed E-state index contributed by atoms with van der Waals surface area (Å²) in [5, 5.41) is 13.0. The Balaban J connectivity index is 2.26. The van der Waals surface area contributed by atoms with Crippen molar-refractivity contribution in [3.63, 3.8) is 0 Å². The first-order valence-electron chi connectivity index (χ1n) is 11.5. The van der Waals surface area contributed by atoms with Gasteiger partial charge in [-0.2, -0.15) is 10.1 Å². The monoisotopic (exact) mass is 526 g/mol. The highest BCUT2D eigenvalue weighted by molar-refractivity contribution is 7.52. The molecule has 0 aliphatic rings. The summed E-state index contributed by atoms with van der Waals surface area (Å²) in [6.07, 6.45) is -3.03. The van der Waals surface area contributed by atoms with Gasteiger partial charge < -0.3 is 24.8 Å². The summed E-state index contributed by atoms with van der Waals surface area (Å²) in [5.74, 6) is -0.361. The molecule has 2 aromatic rings. The first-order chi connectivity index (χ1) is 16.8. The van der Waals surface area contributed by atoms with Crippen LogP contribution in [0.5, 0.6) is 5.75 Å². The molecule has 200 valence electrons. The van der Waals surface area contributed by atoms with Gasteiger partial charge in [0.2, 0.25) is 0 Å². The van der Waals surface area contributed by atoms with Crippen LogP contribution in [-0.4, -0.2) is 51.1 Å². The third-order valence-electron chi connectivity index (χ3n) is 4.87. The summed E-state index contributed by atoms with van der Waals surface area (Å²) in [7, 11) is -4.22. The quantitative estimate of drug-likeness (QED) is 0.260. The number of aromatic nitrogens is 2. The van der Waals surface area contributed by atoms with Gasteiger partial charge in [0, 0.05) is 6.20 Å². The van der Waals surface area contributed by atoms with E-state index in [0.29, 0.717) is 0 Å². The molecule has 1 aromatic heterocycles. The molecule has 0 radical (unpaired) electrons. The molecule has 1 heterocycles. The molecule has 4 N–H and O–H groups in total. The van der Waals surface area contributed by atoms with Crippen LogP contribution < -0.4 is 21.0 Å². The van der Waals surface area contributed by atoms with E-state index in [1.54, 1.807) is 51.1 Å². The van der Waals surface area contributed by atoms with Crippen LogP contribution in [0.3, 0.4) is 0 Å². The van der Waals surface area contributed by atoms with Crippen LogP contribution in [0.25, 0.3) is 0 Å². The number of nitrogens with one attached hydrogen (secondary N) is 1. The van der Waals surface area contributed by atoms with Gasteiger partial charge >= 0.3 is 19.4 Å². The minimum atomic E-state index is -4.22. The van der Waals surface area contributed by atoms with Crippen molar-refractivity contribution in [2.24, 2.45) is 0 Å². The molecule has 0 fully saturated rings. The number of nitrogens with zero attached hydrogens (tertiary/aromatic N) is 2. The predicted octanol–water partition coefficient (Wildman–Crippen LogP) is 2.63. The zero-order valence-corrected chi connectivity index (χ0v) is 22.1. The third-order valence-corrected chi connectivity index (χ3v) is 6.63. The summed E-state index contributed by atoms with van der Waals surface area (Å²) in [6.45, 7) is 9.40. The summed E-state index contributed by atoms with van der Waals surface area (Å²) in [4.78, 5) is 28.2. The standard InChI is InChI=1S/C23H35N4O8P/c1-14(2)32-22(29)15(3)26-36(31,35-19-10-8-7-9-11-19)34-17(5)21(16(4)28)33-18(6)27-13-12-20(24)25-23(27)30/h7-18,21,28H,1-6H3,(H,26,31)(H2,24,25,30)/t15?,16?,17?,18?,21-,36?/m0/s1. The average molecular weight is 527 g/mol. The summed E-state index contributed by atoms with van der Waals surface area (Å²) < 4.78 is 37.5. The molecule has 0 amide bonds. The van der Waals surface area contributed by atoms with Crippen molar-refractivity contribution in [3.05, 3.63) is 53.1 Å². The number of hydrogen-bond donors (Lipinski definition) is 3. The van der Waals surface area contributed by atoms with Gasteiger partial charge in [-0.05, 0) is 59.7 Å². The minimum absolute atomic E-state index is 0.0578. The molecule has 0 aliphatic carbocycles. The van der Waals surface area contributed by atoms with E-state index in [1.165, 1.54) is 37.6 Å². The van der Waals surface area contributed by atoms with Crippen molar-refractivity contribution in [2.75, 3.05) is 5.73 Å². The van der Waals surface area contributed by atoms with Crippen molar-refractivity contribution in [1.29, 1.82) is 0 Å². The maximum atomic E-state index is 13.8. The molecular formula is C23H35N4O8P. The number of benzene rings is 1. The molecule has 36 heavy (non-hydrogen) atoms. The molecule has 0 saturated heterocycles. The molecule has 0 aliphatic heterocycles. The number of nitrogens with two attached hydrogens (primary N) is 1. The Labute approximate surface area is 210 Å². The molecule has 1 aromatic carbocycles. The van der Waals surface area contributed by atoms with Crippen molar-refractivity contribution >= 4 is 19.5 Å². The van der Waals surface area contributed by atoms with Crippen LogP contribution in [0, 0.1) is 0 Å². The van der Waals surface area contributed by atoms with Gasteiger partial charge in [0.1, 0.15) is 29.9 Å². The molecular weight excluding hydrogens is 491 g/mol. The number of rotatable bonds is 13. The number of esters is 1. The normalized spacial score (nSPS) is 17.4. The van der Waals surface area contributed by atoms with E-state index in [2.05, 4.69) is 10.1 Å². The van der Waals surface area contributed by atoms with Gasteiger partial charge in [-0.25, -0.2) is 9.36 Å². The number of ether oxygens (including phenoxy) is 2. The number of nitrogen functional groups attached to an aromatic ring is 1. The van der Waals surface area contributed by atoms with Gasteiger partial charge in [0.15, 0.2) is 0 Å². The number of aliphatic hydroxyl groups excluding tert-OH is 1. The second-order valence-electron chi connectivity index (χ2n) is 8.53. The number of anilines is 1. The number of carbonyl (C=O) groups is 1. The molecule has 5 unspecified atom stereocenters. The van der Waals surface area contributed by atoms with Crippen molar-refractivity contribution in [3.8, 4) is 5.75 Å². The molecule has 0 spiro atoms. The van der Waals surface area contributed by atoms with Crippen LogP contribution in [-0.2, 0) is 23.4 Å². The molecule has 0 saturated carbocycles. The van der Waals surface area contributed by atoms with E-state index in [4.69, 9.17) is 24.3 Å². The van der Waals surface area contributed by atoms with E-state index in [9.17, 15) is 19.3 Å². The first-order valence-corrected chi connectivity index (χ1v) is 13.0. The second-order valence-corrected chi connectivity index (χ2v) is 10.2. The number of carbonyl (C=O) groups excluding carboxylic acids is 1. The lowest BCUT2D eigenvalue weighted by molar-refractivity contribution is -0.149. The van der Waals surface area contributed by atoms with Crippen LogP contribution >= 0.6 is 7.75 Å². The number of hydrogen-bond acceptors (Lipinski definition) is 10. The van der Waals surface area contributed by atoms with E-state index >= 15 is 0 Å². The first kappa shape index (κ1) is 29.5. The Kier molecular flexibility index (Phi) is 10.6. The fourth-order valence-electron chi connectivity index (χ4n) is 3.21. The molecule has 2 rings (SSSR count). The SMILES string of the molecule is CC(C)OC(=O)C(C)NP(=O)(Oc1ccccc1)OC(C)[C@@H](OC(C)n1ccc(N)nc1=O)C(C)O. The lowest BCUT2D eigenvalue weighted by Gasteiger charge is -2.32. The summed E-state index contributed by atoms with van der Waals surface area (Å²) >= 11 is 0. The maximum absolute atomic E-state index is 13.8. The lowest BCUT2D eigenvalue weighted by Crippen LogP contribution is -2.43. The number of aliphatic hydroxyl groups is 1.